The van der Waals surface area contributed by atoms with E-state index in [1.807, 2.05) is 0 Å². The topological polar surface area (TPSA) is 0 Å². The van der Waals surface area contributed by atoms with Gasteiger partial charge >= 0.3 is 62.4 Å². The Morgan fingerprint density at radius 3 is 1.20 bits per heavy atom. The SMILES string of the molecule is F[C](F)(F)[K]. The van der Waals surface area contributed by atoms with Crippen LogP contribution in [0, 0.1) is 0 Å². The standard InChI is InChI=1S/CF3.K/c2-1(3)4;. The van der Waals surface area contributed by atoms with E-state index in [1.54, 1.807) is 0 Å². The van der Waals surface area contributed by atoms with Crippen LogP contribution < -0.4 is 0 Å². The van der Waals surface area contributed by atoms with Crippen molar-refractivity contribution in [1.82, 2.24) is 0 Å². The third-order valence-electron chi connectivity index (χ3n) is 0. The molecule has 0 aliphatic heterocycles. The van der Waals surface area contributed by atoms with Gasteiger partial charge in [-0.3, -0.25) is 0 Å². The molecule has 0 spiro atoms. The molecular formula is CF3K. The van der Waals surface area contributed by atoms with Gasteiger partial charge in [-0.15, -0.1) is 0 Å². The van der Waals surface area contributed by atoms with Crippen LogP contribution in [0.5, 0.6) is 0 Å². The molecule has 0 aromatic rings. The molecule has 0 aliphatic rings. The van der Waals surface area contributed by atoms with Crippen molar-refractivity contribution in [3.05, 3.63) is 0 Å². The van der Waals surface area contributed by atoms with Crippen molar-refractivity contribution in [2.24, 2.45) is 0 Å². The molecular weight excluding hydrogens is 108 g/mol. The fraction of sp³-hybridized carbons (Fsp3) is 1.00. The molecule has 0 radical (unpaired) electrons. The zero-order valence-corrected chi connectivity index (χ0v) is 5.76. The Bertz CT molecular complexity index is 22.4. The second kappa shape index (κ2) is 1.93. The summed E-state index contributed by atoms with van der Waals surface area (Å²) in [5.74, 6) is 0. The van der Waals surface area contributed by atoms with Crippen molar-refractivity contribution in [1.29, 1.82) is 0 Å². The summed E-state index contributed by atoms with van der Waals surface area (Å²) in [6.07, 6.45) is 0. The van der Waals surface area contributed by atoms with E-state index in [0.29, 0.717) is 0 Å². The van der Waals surface area contributed by atoms with Crippen molar-refractivity contribution in [2.45, 2.75) is 0.271 Å². The van der Waals surface area contributed by atoms with E-state index in [-0.39, 0.29) is 0 Å². The molecule has 0 rings (SSSR count). The van der Waals surface area contributed by atoms with Crippen molar-refractivity contribution in [2.75, 3.05) is 0 Å². The Balaban J connectivity index is 3.02. The number of alkyl halides is 3. The number of hydrogen-bond donors (Lipinski definition) is 0. The average molecular weight is 108 g/mol. The minimum absolute atomic E-state index is 1.00. The predicted octanol–water partition coefficient (Wildman–Crippen LogP) is 0.675. The van der Waals surface area contributed by atoms with Gasteiger partial charge in [0.15, 0.2) is 0 Å². The van der Waals surface area contributed by atoms with Crippen molar-refractivity contribution in [3.8, 4) is 0 Å². The molecule has 0 saturated carbocycles. The fourth-order valence-corrected chi connectivity index (χ4v) is 0. The first-order valence-corrected chi connectivity index (χ1v) is 2.63. The van der Waals surface area contributed by atoms with E-state index in [0.717, 1.165) is 0 Å². The summed E-state index contributed by atoms with van der Waals surface area (Å²) in [6.45, 7) is 0. The van der Waals surface area contributed by atoms with Gasteiger partial charge in [0.1, 0.15) is 0 Å². The molecule has 0 aromatic heterocycles. The maximum atomic E-state index is 10.4. The zero-order chi connectivity index (χ0) is 4.50. The van der Waals surface area contributed by atoms with Gasteiger partial charge in [0.05, 0.1) is 0 Å². The van der Waals surface area contributed by atoms with Crippen LogP contribution in [-0.4, -0.2) is 49.2 Å². The first-order valence-electron chi connectivity index (χ1n) is 1.07. The van der Waals surface area contributed by atoms with Gasteiger partial charge in [-0.2, -0.15) is 0 Å². The molecule has 5 heavy (non-hydrogen) atoms. The van der Waals surface area contributed by atoms with Crippen LogP contribution in [0.25, 0.3) is 0 Å². The van der Waals surface area contributed by atoms with Gasteiger partial charge in [0.25, 0.3) is 0 Å². The molecule has 0 amide bonds. The van der Waals surface area contributed by atoms with E-state index in [9.17, 15) is 13.2 Å². The summed E-state index contributed by atoms with van der Waals surface area (Å²) in [5.41, 5.74) is 0. The molecule has 26 valence electrons. The monoisotopic (exact) mass is 108 g/mol. The third kappa shape index (κ3) is 31.3. The molecule has 0 atom stereocenters. The molecule has 0 aliphatic carbocycles. The molecule has 0 unspecified atom stereocenters. The van der Waals surface area contributed by atoms with Crippen LogP contribution in [-0.2, 0) is 0 Å². The van der Waals surface area contributed by atoms with Gasteiger partial charge in [-0.1, -0.05) is 0 Å². The van der Waals surface area contributed by atoms with E-state index in [1.165, 1.54) is 0 Å². The Morgan fingerprint density at radius 2 is 1.20 bits per heavy atom. The maximum absolute atomic E-state index is 10.4. The Morgan fingerprint density at radius 1 is 1.20 bits per heavy atom. The second-order valence-corrected chi connectivity index (χ2v) is 2.55. The van der Waals surface area contributed by atoms with Gasteiger partial charge in [0, 0.05) is 0 Å². The normalized spacial score (nSPS) is 12.2. The zero-order valence-electron chi connectivity index (χ0n) is 2.63. The summed E-state index contributed by atoms with van der Waals surface area (Å²) in [5, 5.41) is 0. The molecule has 0 aromatic carbocycles. The first-order chi connectivity index (χ1) is 2.00. The minimum atomic E-state index is -3.81. The van der Waals surface area contributed by atoms with Crippen molar-refractivity contribution in [3.63, 3.8) is 0 Å². The van der Waals surface area contributed by atoms with Crippen molar-refractivity contribution >= 4 is 49.0 Å². The molecule has 0 saturated heterocycles. The van der Waals surface area contributed by atoms with Crippen LogP contribution >= 0.6 is 0 Å². The Kier molecular flexibility index (Phi) is 2.48. The first kappa shape index (κ1) is 6.43. The molecule has 0 nitrogen and oxygen atoms in total. The third-order valence-corrected chi connectivity index (χ3v) is 0. The molecule has 0 bridgehead atoms. The van der Waals surface area contributed by atoms with E-state index in [4.69, 9.17) is 0 Å². The molecule has 4 heteroatoms. The molecule has 0 fully saturated rings. The van der Waals surface area contributed by atoms with E-state index < -0.39 is 49.2 Å². The van der Waals surface area contributed by atoms with Crippen LogP contribution in [0.3, 0.4) is 0 Å². The van der Waals surface area contributed by atoms with Crippen LogP contribution in [0.1, 0.15) is 0 Å². The van der Waals surface area contributed by atoms with Crippen molar-refractivity contribution < 1.29 is 13.2 Å². The predicted molar refractivity (Wildman–Crippen MR) is 11.8 cm³/mol. The summed E-state index contributed by atoms with van der Waals surface area (Å²) in [6, 6.07) is 0. The fourth-order valence-electron chi connectivity index (χ4n) is 0. The van der Waals surface area contributed by atoms with Crippen LogP contribution in [0.4, 0.5) is 13.2 Å². The quantitative estimate of drug-likeness (QED) is 0.400. The van der Waals surface area contributed by atoms with Gasteiger partial charge in [-0.05, 0) is 0 Å². The van der Waals surface area contributed by atoms with E-state index >= 15 is 0 Å². The average Bonchev–Trinajstić information content (AvgIpc) is 0.722. The molecule has 0 N–H and O–H groups in total. The number of halogens is 3. The van der Waals surface area contributed by atoms with Gasteiger partial charge in [-0.25, -0.2) is 0 Å². The number of rotatable bonds is 0. The summed E-state index contributed by atoms with van der Waals surface area (Å²) in [7, 11) is 0. The van der Waals surface area contributed by atoms with E-state index in [2.05, 4.69) is 0 Å². The second-order valence-electron chi connectivity index (χ2n) is 0.781. The summed E-state index contributed by atoms with van der Waals surface area (Å²) in [4.78, 5) is 0. The summed E-state index contributed by atoms with van der Waals surface area (Å²) < 4.78 is 27.5. The molecule has 0 heterocycles. The Labute approximate surface area is 61.3 Å². The van der Waals surface area contributed by atoms with Crippen LogP contribution in [0.15, 0.2) is 0 Å². The Hall–Kier alpha value is 1.43. The van der Waals surface area contributed by atoms with Gasteiger partial charge < -0.3 is 0 Å². The van der Waals surface area contributed by atoms with Crippen LogP contribution in [0.2, 0.25) is 0 Å². The number of hydrogen-bond acceptors (Lipinski definition) is 0. The summed E-state index contributed by atoms with van der Waals surface area (Å²) >= 11 is -1.00. The van der Waals surface area contributed by atoms with Gasteiger partial charge in [0.2, 0.25) is 0 Å².